The molecule has 1 saturated heterocycles. The maximum Gasteiger partial charge on any atom is 0.225 e. The van der Waals surface area contributed by atoms with Gasteiger partial charge in [0.2, 0.25) is 5.91 Å². The van der Waals surface area contributed by atoms with E-state index in [2.05, 4.69) is 0 Å². The minimum atomic E-state index is -0.672. The van der Waals surface area contributed by atoms with Crippen LogP contribution in [0.5, 0.6) is 0 Å². The summed E-state index contributed by atoms with van der Waals surface area (Å²) in [6, 6.07) is 9.35. The molecule has 1 heterocycles. The second kappa shape index (κ2) is 5.12. The van der Waals surface area contributed by atoms with Crippen LogP contribution in [0.15, 0.2) is 30.3 Å². The number of benzene rings is 1. The van der Waals surface area contributed by atoms with E-state index in [1.165, 1.54) is 0 Å². The number of nitrogens with zero attached hydrogens (tertiary/aromatic N) is 1. The van der Waals surface area contributed by atoms with Crippen molar-refractivity contribution in [3.8, 4) is 0 Å². The van der Waals surface area contributed by atoms with Gasteiger partial charge < -0.3 is 10.0 Å². The van der Waals surface area contributed by atoms with Crippen LogP contribution in [0.1, 0.15) is 30.9 Å². The van der Waals surface area contributed by atoms with Crippen LogP contribution < -0.4 is 0 Å². The normalized spacial score (nSPS) is 17.4. The molecule has 1 aromatic rings. The lowest BCUT2D eigenvalue weighted by Gasteiger charge is -2.17. The van der Waals surface area contributed by atoms with E-state index in [0.29, 0.717) is 0 Å². The van der Waals surface area contributed by atoms with Crippen LogP contribution in [0, 0.1) is 0 Å². The minimum Gasteiger partial charge on any atom is -0.388 e. The smallest absolute Gasteiger partial charge is 0.225 e. The van der Waals surface area contributed by atoms with Crippen molar-refractivity contribution < 1.29 is 9.90 Å². The summed E-state index contributed by atoms with van der Waals surface area (Å²) in [6.07, 6.45) is 1.71. The molecule has 0 aliphatic carbocycles. The number of carbonyl (C=O) groups is 1. The van der Waals surface area contributed by atoms with E-state index in [9.17, 15) is 9.90 Å². The van der Waals surface area contributed by atoms with Crippen molar-refractivity contribution in [2.24, 2.45) is 0 Å². The van der Waals surface area contributed by atoms with Crippen molar-refractivity contribution in [2.75, 3.05) is 13.1 Å². The van der Waals surface area contributed by atoms with Gasteiger partial charge in [0.05, 0.1) is 12.5 Å². The van der Waals surface area contributed by atoms with Gasteiger partial charge in [-0.05, 0) is 18.4 Å². The van der Waals surface area contributed by atoms with Gasteiger partial charge >= 0.3 is 0 Å². The standard InChI is InChI=1S/C13H17NO2/c15-12(11-6-2-1-3-7-11)10-13(16)14-8-4-5-9-14/h1-3,6-7,12,15H,4-5,8-10H2/t12-/m1/s1. The SMILES string of the molecule is O=C(C[C@@H](O)c1ccccc1)N1CCCC1. The second-order valence-electron chi connectivity index (χ2n) is 4.22. The molecule has 1 atom stereocenters. The summed E-state index contributed by atoms with van der Waals surface area (Å²) in [5.74, 6) is 0.0638. The fraction of sp³-hybridized carbons (Fsp3) is 0.462. The largest absolute Gasteiger partial charge is 0.388 e. The van der Waals surface area contributed by atoms with Crippen LogP contribution in [0.3, 0.4) is 0 Å². The average molecular weight is 219 g/mol. The van der Waals surface area contributed by atoms with Crippen LogP contribution in [0.4, 0.5) is 0 Å². The highest BCUT2D eigenvalue weighted by Crippen LogP contribution is 2.18. The van der Waals surface area contributed by atoms with E-state index in [4.69, 9.17) is 0 Å². The van der Waals surface area contributed by atoms with E-state index >= 15 is 0 Å². The van der Waals surface area contributed by atoms with Gasteiger partial charge in [-0.1, -0.05) is 30.3 Å². The number of carbonyl (C=O) groups excluding carboxylic acids is 1. The Morgan fingerprint density at radius 3 is 2.50 bits per heavy atom. The molecule has 0 bridgehead atoms. The summed E-state index contributed by atoms with van der Waals surface area (Å²) in [7, 11) is 0. The lowest BCUT2D eigenvalue weighted by atomic mass is 10.1. The molecule has 1 amide bonds. The number of hydrogen-bond donors (Lipinski definition) is 1. The van der Waals surface area contributed by atoms with E-state index in [1.807, 2.05) is 35.2 Å². The monoisotopic (exact) mass is 219 g/mol. The summed E-state index contributed by atoms with van der Waals surface area (Å²) in [5.41, 5.74) is 0.815. The first-order chi connectivity index (χ1) is 7.77. The van der Waals surface area contributed by atoms with Crippen LogP contribution >= 0.6 is 0 Å². The van der Waals surface area contributed by atoms with Gasteiger partial charge in [-0.3, -0.25) is 4.79 Å². The third kappa shape index (κ3) is 2.61. The third-order valence-electron chi connectivity index (χ3n) is 3.01. The Bertz CT molecular complexity index is 344. The maximum atomic E-state index is 11.8. The molecule has 1 aliphatic heterocycles. The van der Waals surface area contributed by atoms with Crippen molar-refractivity contribution in [1.82, 2.24) is 4.90 Å². The first-order valence-corrected chi connectivity index (χ1v) is 5.78. The summed E-state index contributed by atoms with van der Waals surface area (Å²) in [6.45, 7) is 1.70. The maximum absolute atomic E-state index is 11.8. The molecule has 2 rings (SSSR count). The van der Waals surface area contributed by atoms with Crippen LogP contribution in [-0.4, -0.2) is 29.0 Å². The van der Waals surface area contributed by atoms with E-state index in [1.54, 1.807) is 0 Å². The highest BCUT2D eigenvalue weighted by atomic mass is 16.3. The number of hydrogen-bond acceptors (Lipinski definition) is 2. The average Bonchev–Trinajstić information content (AvgIpc) is 2.83. The van der Waals surface area contributed by atoms with Crippen molar-refractivity contribution in [3.63, 3.8) is 0 Å². The molecular formula is C13H17NO2. The molecule has 0 saturated carbocycles. The van der Waals surface area contributed by atoms with Gasteiger partial charge in [-0.25, -0.2) is 0 Å². The Morgan fingerprint density at radius 2 is 1.88 bits per heavy atom. The van der Waals surface area contributed by atoms with Gasteiger partial charge in [0.15, 0.2) is 0 Å². The Morgan fingerprint density at radius 1 is 1.25 bits per heavy atom. The third-order valence-corrected chi connectivity index (χ3v) is 3.01. The van der Waals surface area contributed by atoms with Gasteiger partial charge in [0.1, 0.15) is 0 Å². The van der Waals surface area contributed by atoms with E-state index in [-0.39, 0.29) is 12.3 Å². The van der Waals surface area contributed by atoms with Crippen LogP contribution in [0.25, 0.3) is 0 Å². The molecule has 86 valence electrons. The Kier molecular flexibility index (Phi) is 3.57. The zero-order valence-electron chi connectivity index (χ0n) is 9.30. The second-order valence-corrected chi connectivity index (χ2v) is 4.22. The molecule has 0 aromatic heterocycles. The highest BCUT2D eigenvalue weighted by Gasteiger charge is 2.21. The molecule has 1 aromatic carbocycles. The van der Waals surface area contributed by atoms with Gasteiger partial charge in [0.25, 0.3) is 0 Å². The summed E-state index contributed by atoms with van der Waals surface area (Å²) in [4.78, 5) is 13.6. The number of amides is 1. The van der Waals surface area contributed by atoms with E-state index < -0.39 is 6.10 Å². The lowest BCUT2D eigenvalue weighted by Crippen LogP contribution is -2.28. The Hall–Kier alpha value is -1.35. The van der Waals surface area contributed by atoms with Crippen LogP contribution in [0.2, 0.25) is 0 Å². The van der Waals surface area contributed by atoms with Crippen molar-refractivity contribution in [1.29, 1.82) is 0 Å². The molecule has 3 nitrogen and oxygen atoms in total. The lowest BCUT2D eigenvalue weighted by molar-refractivity contribution is -0.132. The zero-order valence-corrected chi connectivity index (χ0v) is 9.30. The van der Waals surface area contributed by atoms with Crippen molar-refractivity contribution in [2.45, 2.75) is 25.4 Å². The quantitative estimate of drug-likeness (QED) is 0.841. The molecule has 1 aliphatic rings. The van der Waals surface area contributed by atoms with Crippen molar-refractivity contribution >= 4 is 5.91 Å². The molecular weight excluding hydrogens is 202 g/mol. The molecule has 0 unspecified atom stereocenters. The molecule has 1 fully saturated rings. The predicted octanol–water partition coefficient (Wildman–Crippen LogP) is 1.73. The molecule has 0 radical (unpaired) electrons. The Balaban J connectivity index is 1.92. The highest BCUT2D eigenvalue weighted by molar-refractivity contribution is 5.77. The topological polar surface area (TPSA) is 40.5 Å². The minimum absolute atomic E-state index is 0.0638. The number of likely N-dealkylation sites (tertiary alicyclic amines) is 1. The summed E-state index contributed by atoms with van der Waals surface area (Å²) < 4.78 is 0. The molecule has 0 spiro atoms. The van der Waals surface area contributed by atoms with Gasteiger partial charge in [-0.2, -0.15) is 0 Å². The van der Waals surface area contributed by atoms with Gasteiger partial charge in [0, 0.05) is 13.1 Å². The van der Waals surface area contributed by atoms with Crippen LogP contribution in [-0.2, 0) is 4.79 Å². The summed E-state index contributed by atoms with van der Waals surface area (Å²) in [5, 5.41) is 9.90. The number of aliphatic hydroxyl groups is 1. The first-order valence-electron chi connectivity index (χ1n) is 5.78. The Labute approximate surface area is 95.7 Å². The molecule has 16 heavy (non-hydrogen) atoms. The van der Waals surface area contributed by atoms with Crippen molar-refractivity contribution in [3.05, 3.63) is 35.9 Å². The summed E-state index contributed by atoms with van der Waals surface area (Å²) >= 11 is 0. The molecule has 1 N–H and O–H groups in total. The fourth-order valence-electron chi connectivity index (χ4n) is 2.05. The predicted molar refractivity (Wildman–Crippen MR) is 61.8 cm³/mol. The van der Waals surface area contributed by atoms with E-state index in [0.717, 1.165) is 31.5 Å². The molecule has 3 heteroatoms. The van der Waals surface area contributed by atoms with Gasteiger partial charge in [-0.15, -0.1) is 0 Å². The fourth-order valence-corrected chi connectivity index (χ4v) is 2.05. The number of rotatable bonds is 3. The first kappa shape index (κ1) is 11.1. The number of aliphatic hydroxyl groups excluding tert-OH is 1. The zero-order chi connectivity index (χ0) is 11.4.